The topological polar surface area (TPSA) is 38.0 Å². The highest BCUT2D eigenvalue weighted by Crippen LogP contribution is 2.25. The SMILES string of the molecule is Cn1ccnc1C(O)c1cc(Cl)ccc1F. The molecule has 1 aromatic carbocycles. The summed E-state index contributed by atoms with van der Waals surface area (Å²) >= 11 is 5.76. The molecule has 0 saturated heterocycles. The third-order valence-corrected chi connectivity index (χ3v) is 2.59. The van der Waals surface area contributed by atoms with Gasteiger partial charge in [-0.05, 0) is 18.2 Å². The van der Waals surface area contributed by atoms with Gasteiger partial charge in [0.25, 0.3) is 0 Å². The normalized spacial score (nSPS) is 12.8. The van der Waals surface area contributed by atoms with E-state index < -0.39 is 11.9 Å². The second kappa shape index (κ2) is 4.23. The molecular formula is C11H10ClFN2O. The van der Waals surface area contributed by atoms with Gasteiger partial charge in [-0.25, -0.2) is 9.37 Å². The largest absolute Gasteiger partial charge is 0.380 e. The fourth-order valence-electron chi connectivity index (χ4n) is 1.50. The predicted octanol–water partition coefficient (Wildman–Crippen LogP) is 2.29. The Hall–Kier alpha value is -1.39. The molecule has 1 N–H and O–H groups in total. The molecule has 16 heavy (non-hydrogen) atoms. The molecule has 1 unspecified atom stereocenters. The highest BCUT2D eigenvalue weighted by atomic mass is 35.5. The number of hydrogen-bond donors (Lipinski definition) is 1. The van der Waals surface area contributed by atoms with Gasteiger partial charge in [0.2, 0.25) is 0 Å². The molecule has 3 nitrogen and oxygen atoms in total. The van der Waals surface area contributed by atoms with Crippen LogP contribution in [-0.2, 0) is 7.05 Å². The average Bonchev–Trinajstić information content (AvgIpc) is 2.67. The number of aliphatic hydroxyl groups is 1. The van der Waals surface area contributed by atoms with Gasteiger partial charge in [0.1, 0.15) is 17.7 Å². The molecule has 2 aromatic rings. The van der Waals surface area contributed by atoms with E-state index in [2.05, 4.69) is 4.98 Å². The van der Waals surface area contributed by atoms with Crippen LogP contribution in [0.5, 0.6) is 0 Å². The molecular weight excluding hydrogens is 231 g/mol. The first-order chi connectivity index (χ1) is 7.59. The summed E-state index contributed by atoms with van der Waals surface area (Å²) in [5.41, 5.74) is 0.127. The van der Waals surface area contributed by atoms with Crippen LogP contribution in [0.1, 0.15) is 17.5 Å². The molecule has 0 radical (unpaired) electrons. The third-order valence-electron chi connectivity index (χ3n) is 2.36. The van der Waals surface area contributed by atoms with Crippen LogP contribution in [0, 0.1) is 5.82 Å². The monoisotopic (exact) mass is 240 g/mol. The average molecular weight is 241 g/mol. The van der Waals surface area contributed by atoms with Gasteiger partial charge in [-0.15, -0.1) is 0 Å². The lowest BCUT2D eigenvalue weighted by molar-refractivity contribution is 0.201. The Morgan fingerprint density at radius 2 is 2.25 bits per heavy atom. The van der Waals surface area contributed by atoms with Crippen molar-refractivity contribution in [2.75, 3.05) is 0 Å². The van der Waals surface area contributed by atoms with Crippen LogP contribution in [0.2, 0.25) is 5.02 Å². The van der Waals surface area contributed by atoms with E-state index in [-0.39, 0.29) is 5.56 Å². The number of halogens is 2. The fourth-order valence-corrected chi connectivity index (χ4v) is 1.68. The van der Waals surface area contributed by atoms with Gasteiger partial charge in [-0.1, -0.05) is 11.6 Å². The van der Waals surface area contributed by atoms with Crippen molar-refractivity contribution < 1.29 is 9.50 Å². The molecule has 0 aliphatic rings. The summed E-state index contributed by atoms with van der Waals surface area (Å²) in [7, 11) is 1.73. The summed E-state index contributed by atoms with van der Waals surface area (Å²) in [5, 5.41) is 10.4. The second-order valence-electron chi connectivity index (χ2n) is 3.46. The van der Waals surface area contributed by atoms with Crippen molar-refractivity contribution in [3.8, 4) is 0 Å². The van der Waals surface area contributed by atoms with Gasteiger partial charge in [-0.3, -0.25) is 0 Å². The van der Waals surface area contributed by atoms with Gasteiger partial charge in [0, 0.05) is 30.0 Å². The number of aryl methyl sites for hydroxylation is 1. The zero-order valence-corrected chi connectivity index (χ0v) is 9.32. The molecule has 0 fully saturated rings. The van der Waals surface area contributed by atoms with Crippen LogP contribution in [0.4, 0.5) is 4.39 Å². The molecule has 0 aliphatic heterocycles. The molecule has 84 valence electrons. The molecule has 0 amide bonds. The van der Waals surface area contributed by atoms with E-state index in [9.17, 15) is 9.50 Å². The van der Waals surface area contributed by atoms with Crippen LogP contribution in [0.3, 0.4) is 0 Å². The summed E-state index contributed by atoms with van der Waals surface area (Å²) in [5.74, 6) is -0.124. The molecule has 2 rings (SSSR count). The maximum Gasteiger partial charge on any atom is 0.142 e. The van der Waals surface area contributed by atoms with Crippen molar-refractivity contribution in [1.82, 2.24) is 9.55 Å². The smallest absolute Gasteiger partial charge is 0.142 e. The second-order valence-corrected chi connectivity index (χ2v) is 3.90. The Labute approximate surface area is 97.1 Å². The van der Waals surface area contributed by atoms with Crippen molar-refractivity contribution in [3.63, 3.8) is 0 Å². The Kier molecular flexibility index (Phi) is 2.94. The molecule has 0 aliphatic carbocycles. The molecule has 0 bridgehead atoms. The fraction of sp³-hybridized carbons (Fsp3) is 0.182. The van der Waals surface area contributed by atoms with E-state index in [1.165, 1.54) is 18.2 Å². The van der Waals surface area contributed by atoms with Crippen molar-refractivity contribution in [2.24, 2.45) is 7.05 Å². The minimum atomic E-state index is -1.11. The van der Waals surface area contributed by atoms with E-state index in [1.807, 2.05) is 0 Å². The number of rotatable bonds is 2. The van der Waals surface area contributed by atoms with Gasteiger partial charge in [0.05, 0.1) is 0 Å². The maximum atomic E-state index is 13.5. The summed E-state index contributed by atoms with van der Waals surface area (Å²) in [6.07, 6.45) is 2.11. The third kappa shape index (κ3) is 1.94. The van der Waals surface area contributed by atoms with Crippen molar-refractivity contribution in [3.05, 3.63) is 52.8 Å². The van der Waals surface area contributed by atoms with E-state index in [1.54, 1.807) is 24.0 Å². The summed E-state index contributed by atoms with van der Waals surface area (Å²) in [6, 6.07) is 4.06. The minimum absolute atomic E-state index is 0.127. The number of aliphatic hydroxyl groups excluding tert-OH is 1. The molecule has 0 saturated carbocycles. The summed E-state index contributed by atoms with van der Waals surface area (Å²) < 4.78 is 15.1. The van der Waals surface area contributed by atoms with Crippen LogP contribution in [-0.4, -0.2) is 14.7 Å². The minimum Gasteiger partial charge on any atom is -0.380 e. The standard InChI is InChI=1S/C11H10ClFN2O/c1-15-5-4-14-11(15)10(16)8-6-7(12)2-3-9(8)13/h2-6,10,16H,1H3. The lowest BCUT2D eigenvalue weighted by Gasteiger charge is -2.12. The molecule has 1 aromatic heterocycles. The quantitative estimate of drug-likeness (QED) is 0.875. The number of benzene rings is 1. The molecule has 1 atom stereocenters. The lowest BCUT2D eigenvalue weighted by atomic mass is 10.1. The number of hydrogen-bond acceptors (Lipinski definition) is 2. The van der Waals surface area contributed by atoms with E-state index in [0.717, 1.165) is 0 Å². The maximum absolute atomic E-state index is 13.5. The van der Waals surface area contributed by atoms with Crippen LogP contribution < -0.4 is 0 Å². The van der Waals surface area contributed by atoms with Gasteiger partial charge in [0.15, 0.2) is 0 Å². The van der Waals surface area contributed by atoms with Crippen molar-refractivity contribution in [2.45, 2.75) is 6.10 Å². The number of aromatic nitrogens is 2. The molecule has 0 spiro atoms. The van der Waals surface area contributed by atoms with Crippen LogP contribution in [0.25, 0.3) is 0 Å². The predicted molar refractivity (Wildman–Crippen MR) is 58.7 cm³/mol. The van der Waals surface area contributed by atoms with Gasteiger partial charge >= 0.3 is 0 Å². The molecule has 1 heterocycles. The van der Waals surface area contributed by atoms with Gasteiger partial charge < -0.3 is 9.67 Å². The Balaban J connectivity index is 2.45. The Bertz CT molecular complexity index is 512. The van der Waals surface area contributed by atoms with E-state index in [0.29, 0.717) is 10.8 Å². The Morgan fingerprint density at radius 3 is 2.88 bits per heavy atom. The van der Waals surface area contributed by atoms with Crippen LogP contribution >= 0.6 is 11.6 Å². The lowest BCUT2D eigenvalue weighted by Crippen LogP contribution is -2.08. The summed E-state index contributed by atoms with van der Waals surface area (Å²) in [4.78, 5) is 3.97. The number of nitrogens with zero attached hydrogens (tertiary/aromatic N) is 2. The van der Waals surface area contributed by atoms with E-state index in [4.69, 9.17) is 11.6 Å². The number of imidazole rings is 1. The summed E-state index contributed by atoms with van der Waals surface area (Å²) in [6.45, 7) is 0. The highest BCUT2D eigenvalue weighted by Gasteiger charge is 2.18. The van der Waals surface area contributed by atoms with Crippen molar-refractivity contribution in [1.29, 1.82) is 0 Å². The zero-order chi connectivity index (χ0) is 11.7. The first-order valence-electron chi connectivity index (χ1n) is 4.70. The van der Waals surface area contributed by atoms with Gasteiger partial charge in [-0.2, -0.15) is 0 Å². The first-order valence-corrected chi connectivity index (χ1v) is 5.07. The van der Waals surface area contributed by atoms with E-state index >= 15 is 0 Å². The first kappa shape index (κ1) is 11.1. The highest BCUT2D eigenvalue weighted by molar-refractivity contribution is 6.30. The van der Waals surface area contributed by atoms with Crippen LogP contribution in [0.15, 0.2) is 30.6 Å². The zero-order valence-electron chi connectivity index (χ0n) is 8.56. The van der Waals surface area contributed by atoms with Crippen molar-refractivity contribution >= 4 is 11.6 Å². The molecule has 5 heteroatoms. The Morgan fingerprint density at radius 1 is 1.50 bits per heavy atom.